The summed E-state index contributed by atoms with van der Waals surface area (Å²) < 4.78 is 0. The summed E-state index contributed by atoms with van der Waals surface area (Å²) in [6.45, 7) is 3.86. The number of hydrogen-bond donors (Lipinski definition) is 2. The van der Waals surface area contributed by atoms with Gasteiger partial charge in [0.25, 0.3) is 5.56 Å². The second-order valence-corrected chi connectivity index (χ2v) is 6.64. The van der Waals surface area contributed by atoms with Crippen LogP contribution in [-0.4, -0.2) is 26.6 Å². The molecular formula is C18H18N4O2S. The SMILES string of the molecule is Cc1cccnc1[C@@H](C)NC(=O)CSc1nc2ccccc2c(=O)[nH]1. The van der Waals surface area contributed by atoms with Crippen LogP contribution >= 0.6 is 11.8 Å². The van der Waals surface area contributed by atoms with Crippen LogP contribution < -0.4 is 10.9 Å². The monoisotopic (exact) mass is 354 g/mol. The molecule has 0 spiro atoms. The van der Waals surface area contributed by atoms with Crippen LogP contribution in [0.15, 0.2) is 52.5 Å². The minimum Gasteiger partial charge on any atom is -0.347 e. The van der Waals surface area contributed by atoms with Gasteiger partial charge < -0.3 is 10.3 Å². The Hall–Kier alpha value is -2.67. The number of nitrogens with one attached hydrogen (secondary N) is 2. The molecule has 1 atom stereocenters. The van der Waals surface area contributed by atoms with Gasteiger partial charge in [0.15, 0.2) is 5.16 Å². The second-order valence-electron chi connectivity index (χ2n) is 5.67. The van der Waals surface area contributed by atoms with Crippen LogP contribution in [-0.2, 0) is 4.79 Å². The number of aromatic nitrogens is 3. The number of carbonyl (C=O) groups excluding carboxylic acids is 1. The maximum Gasteiger partial charge on any atom is 0.259 e. The van der Waals surface area contributed by atoms with Crippen molar-refractivity contribution in [2.45, 2.75) is 25.0 Å². The van der Waals surface area contributed by atoms with Gasteiger partial charge in [-0.1, -0.05) is 30.0 Å². The quantitative estimate of drug-likeness (QED) is 0.543. The van der Waals surface area contributed by atoms with Gasteiger partial charge in [0, 0.05) is 6.20 Å². The number of thioether (sulfide) groups is 1. The third-order valence-electron chi connectivity index (χ3n) is 3.77. The van der Waals surface area contributed by atoms with E-state index in [1.54, 1.807) is 24.4 Å². The Morgan fingerprint density at radius 1 is 1.28 bits per heavy atom. The summed E-state index contributed by atoms with van der Waals surface area (Å²) >= 11 is 1.20. The number of rotatable bonds is 5. The fourth-order valence-corrected chi connectivity index (χ4v) is 3.25. The number of fused-ring (bicyclic) bond motifs is 1. The predicted octanol–water partition coefficient (Wildman–Crippen LogP) is 2.60. The van der Waals surface area contributed by atoms with Gasteiger partial charge in [-0.15, -0.1) is 0 Å². The van der Waals surface area contributed by atoms with E-state index in [0.29, 0.717) is 16.1 Å². The molecule has 0 saturated heterocycles. The molecule has 2 aromatic heterocycles. The van der Waals surface area contributed by atoms with Crippen LogP contribution in [0.2, 0.25) is 0 Å². The predicted molar refractivity (Wildman–Crippen MR) is 98.6 cm³/mol. The number of nitrogens with zero attached hydrogens (tertiary/aromatic N) is 2. The van der Waals surface area contributed by atoms with Crippen molar-refractivity contribution in [3.63, 3.8) is 0 Å². The molecule has 0 aliphatic rings. The molecule has 7 heteroatoms. The maximum atomic E-state index is 12.2. The highest BCUT2D eigenvalue weighted by Crippen LogP contribution is 2.16. The van der Waals surface area contributed by atoms with E-state index in [4.69, 9.17) is 0 Å². The highest BCUT2D eigenvalue weighted by molar-refractivity contribution is 7.99. The molecule has 0 bridgehead atoms. The second kappa shape index (κ2) is 7.48. The van der Waals surface area contributed by atoms with E-state index in [1.807, 2.05) is 32.0 Å². The smallest absolute Gasteiger partial charge is 0.259 e. The Morgan fingerprint density at radius 2 is 2.08 bits per heavy atom. The fourth-order valence-electron chi connectivity index (χ4n) is 2.57. The maximum absolute atomic E-state index is 12.2. The number of carbonyl (C=O) groups is 1. The van der Waals surface area contributed by atoms with Crippen molar-refractivity contribution in [3.05, 3.63) is 64.2 Å². The zero-order chi connectivity index (χ0) is 17.8. The summed E-state index contributed by atoms with van der Waals surface area (Å²) in [5.41, 5.74) is 2.29. The van der Waals surface area contributed by atoms with Gasteiger partial charge in [-0.2, -0.15) is 0 Å². The van der Waals surface area contributed by atoms with Crippen molar-refractivity contribution in [1.29, 1.82) is 0 Å². The van der Waals surface area contributed by atoms with E-state index in [-0.39, 0.29) is 23.3 Å². The summed E-state index contributed by atoms with van der Waals surface area (Å²) in [6, 6.07) is 10.8. The highest BCUT2D eigenvalue weighted by Gasteiger charge is 2.13. The van der Waals surface area contributed by atoms with Gasteiger partial charge in [-0.05, 0) is 37.6 Å². The van der Waals surface area contributed by atoms with Crippen molar-refractivity contribution >= 4 is 28.6 Å². The molecule has 3 rings (SSSR count). The lowest BCUT2D eigenvalue weighted by molar-refractivity contribution is -0.119. The van der Waals surface area contributed by atoms with Crippen LogP contribution in [0.3, 0.4) is 0 Å². The van der Waals surface area contributed by atoms with Gasteiger partial charge in [-0.25, -0.2) is 4.98 Å². The fraction of sp³-hybridized carbons (Fsp3) is 0.222. The first-order valence-corrected chi connectivity index (χ1v) is 8.86. The van der Waals surface area contributed by atoms with Crippen molar-refractivity contribution < 1.29 is 4.79 Å². The van der Waals surface area contributed by atoms with Crippen LogP contribution in [0, 0.1) is 6.92 Å². The number of para-hydroxylation sites is 1. The molecule has 0 fully saturated rings. The molecule has 128 valence electrons. The van der Waals surface area contributed by atoms with E-state index in [2.05, 4.69) is 20.3 Å². The number of aryl methyl sites for hydroxylation is 1. The lowest BCUT2D eigenvalue weighted by atomic mass is 10.1. The summed E-state index contributed by atoms with van der Waals surface area (Å²) in [5, 5.41) is 3.89. The first kappa shape index (κ1) is 17.2. The Bertz CT molecular complexity index is 970. The molecule has 1 amide bonds. The van der Waals surface area contributed by atoms with E-state index in [1.165, 1.54) is 11.8 Å². The first-order chi connectivity index (χ1) is 12.0. The molecule has 0 aliphatic carbocycles. The Balaban J connectivity index is 1.65. The third kappa shape index (κ3) is 4.06. The molecule has 6 nitrogen and oxygen atoms in total. The topological polar surface area (TPSA) is 87.7 Å². The Kier molecular flexibility index (Phi) is 5.14. The molecule has 1 aromatic carbocycles. The molecule has 0 unspecified atom stereocenters. The summed E-state index contributed by atoms with van der Waals surface area (Å²) in [5.74, 6) is 0.0238. The molecule has 2 N–H and O–H groups in total. The van der Waals surface area contributed by atoms with Crippen molar-refractivity contribution in [2.24, 2.45) is 0 Å². The third-order valence-corrected chi connectivity index (χ3v) is 4.64. The molecule has 0 aliphatic heterocycles. The Labute approximate surface area is 149 Å². The van der Waals surface area contributed by atoms with Crippen LogP contribution in [0.1, 0.15) is 24.2 Å². The van der Waals surface area contributed by atoms with Gasteiger partial charge in [-0.3, -0.25) is 14.6 Å². The zero-order valence-electron chi connectivity index (χ0n) is 13.9. The van der Waals surface area contributed by atoms with Crippen LogP contribution in [0.5, 0.6) is 0 Å². The Morgan fingerprint density at radius 3 is 2.88 bits per heavy atom. The van der Waals surface area contributed by atoms with Gasteiger partial charge >= 0.3 is 0 Å². The summed E-state index contributed by atoms with van der Waals surface area (Å²) in [7, 11) is 0. The lowest BCUT2D eigenvalue weighted by Crippen LogP contribution is -2.29. The van der Waals surface area contributed by atoms with E-state index < -0.39 is 0 Å². The summed E-state index contributed by atoms with van der Waals surface area (Å²) in [4.78, 5) is 35.6. The number of amides is 1. The minimum atomic E-state index is -0.203. The van der Waals surface area contributed by atoms with Crippen molar-refractivity contribution in [3.8, 4) is 0 Å². The number of hydrogen-bond acceptors (Lipinski definition) is 5. The van der Waals surface area contributed by atoms with Gasteiger partial charge in [0.1, 0.15) is 0 Å². The molecule has 25 heavy (non-hydrogen) atoms. The van der Waals surface area contributed by atoms with E-state index in [0.717, 1.165) is 11.3 Å². The van der Waals surface area contributed by atoms with Crippen LogP contribution in [0.25, 0.3) is 10.9 Å². The normalized spacial score (nSPS) is 12.1. The average Bonchev–Trinajstić information content (AvgIpc) is 2.60. The number of aromatic amines is 1. The molecule has 0 radical (unpaired) electrons. The number of H-pyrrole nitrogens is 1. The van der Waals surface area contributed by atoms with E-state index in [9.17, 15) is 9.59 Å². The standard InChI is InChI=1S/C18H18N4O2S/c1-11-6-5-9-19-16(11)12(2)20-15(23)10-25-18-21-14-8-4-3-7-13(14)17(24)22-18/h3-9,12H,10H2,1-2H3,(H,20,23)(H,21,22,24)/t12-/m1/s1. The molecule has 0 saturated carbocycles. The molecular weight excluding hydrogens is 336 g/mol. The van der Waals surface area contributed by atoms with E-state index >= 15 is 0 Å². The zero-order valence-corrected chi connectivity index (χ0v) is 14.8. The highest BCUT2D eigenvalue weighted by atomic mass is 32.2. The summed E-state index contributed by atoms with van der Waals surface area (Å²) in [6.07, 6.45) is 1.71. The molecule has 3 aromatic rings. The minimum absolute atomic E-state index is 0.140. The van der Waals surface area contributed by atoms with Gasteiger partial charge in [0.2, 0.25) is 5.91 Å². The average molecular weight is 354 g/mol. The van der Waals surface area contributed by atoms with Crippen LogP contribution in [0.4, 0.5) is 0 Å². The lowest BCUT2D eigenvalue weighted by Gasteiger charge is -2.15. The van der Waals surface area contributed by atoms with Crippen molar-refractivity contribution in [2.75, 3.05) is 5.75 Å². The number of pyridine rings is 1. The largest absolute Gasteiger partial charge is 0.347 e. The van der Waals surface area contributed by atoms with Crippen molar-refractivity contribution in [1.82, 2.24) is 20.3 Å². The molecule has 2 heterocycles. The number of benzene rings is 1. The van der Waals surface area contributed by atoms with Gasteiger partial charge in [0.05, 0.1) is 28.4 Å². The first-order valence-electron chi connectivity index (χ1n) is 7.87.